The van der Waals surface area contributed by atoms with Gasteiger partial charge in [-0.1, -0.05) is 0 Å². The molecule has 0 heterocycles. The van der Waals surface area contributed by atoms with Gasteiger partial charge in [0.05, 0.1) is 5.60 Å². The van der Waals surface area contributed by atoms with Crippen molar-refractivity contribution in [3.05, 3.63) is 0 Å². The maximum Gasteiger partial charge on any atom is 0.248 e. The standard InChI is InChI=1S/C8H17NO2/c1-8(2,3)11-6-7(10)9(4)5/h6H2,1-5H3. The van der Waals surface area contributed by atoms with Gasteiger partial charge >= 0.3 is 0 Å². The summed E-state index contributed by atoms with van der Waals surface area (Å²) in [7, 11) is 3.43. The highest BCUT2D eigenvalue weighted by Gasteiger charge is 2.13. The summed E-state index contributed by atoms with van der Waals surface area (Å²) in [6.07, 6.45) is 0. The Kier molecular flexibility index (Phi) is 3.52. The Hall–Kier alpha value is -0.570. The quantitative estimate of drug-likeness (QED) is 0.599. The molecular weight excluding hydrogens is 142 g/mol. The summed E-state index contributed by atoms with van der Waals surface area (Å²) in [5.74, 6) is -0.0000694. The van der Waals surface area contributed by atoms with Crippen LogP contribution in [0.15, 0.2) is 0 Å². The lowest BCUT2D eigenvalue weighted by Crippen LogP contribution is -2.31. The van der Waals surface area contributed by atoms with Gasteiger partial charge < -0.3 is 9.64 Å². The van der Waals surface area contributed by atoms with Gasteiger partial charge in [-0.15, -0.1) is 0 Å². The van der Waals surface area contributed by atoms with Crippen LogP contribution in [0.1, 0.15) is 20.8 Å². The largest absolute Gasteiger partial charge is 0.366 e. The molecule has 3 nitrogen and oxygen atoms in total. The zero-order chi connectivity index (χ0) is 9.07. The highest BCUT2D eigenvalue weighted by atomic mass is 16.5. The summed E-state index contributed by atoms with van der Waals surface area (Å²) in [6, 6.07) is 0. The molecule has 0 radical (unpaired) electrons. The zero-order valence-electron chi connectivity index (χ0n) is 7.97. The first-order chi connectivity index (χ1) is 4.83. The van der Waals surface area contributed by atoms with E-state index in [0.717, 1.165) is 0 Å². The molecular formula is C8H17NO2. The molecule has 0 unspecified atom stereocenters. The lowest BCUT2D eigenvalue weighted by Gasteiger charge is -2.20. The van der Waals surface area contributed by atoms with E-state index in [1.807, 2.05) is 20.8 Å². The Labute approximate surface area is 68.3 Å². The van der Waals surface area contributed by atoms with E-state index in [0.29, 0.717) is 0 Å². The number of hydrogen-bond acceptors (Lipinski definition) is 2. The summed E-state index contributed by atoms with van der Waals surface area (Å²) >= 11 is 0. The normalized spacial score (nSPS) is 11.4. The van der Waals surface area contributed by atoms with Crippen molar-refractivity contribution in [3.63, 3.8) is 0 Å². The average Bonchev–Trinajstić information content (AvgIpc) is 1.80. The van der Waals surface area contributed by atoms with Crippen LogP contribution in [0.25, 0.3) is 0 Å². The topological polar surface area (TPSA) is 29.5 Å². The van der Waals surface area contributed by atoms with Gasteiger partial charge in [0.25, 0.3) is 0 Å². The van der Waals surface area contributed by atoms with Crippen LogP contribution in [0, 0.1) is 0 Å². The van der Waals surface area contributed by atoms with Crippen molar-refractivity contribution >= 4 is 5.91 Å². The van der Waals surface area contributed by atoms with Crippen molar-refractivity contribution in [3.8, 4) is 0 Å². The smallest absolute Gasteiger partial charge is 0.248 e. The van der Waals surface area contributed by atoms with Gasteiger partial charge in [-0.05, 0) is 20.8 Å². The summed E-state index contributed by atoms with van der Waals surface area (Å²) < 4.78 is 5.26. The van der Waals surface area contributed by atoms with Gasteiger partial charge in [-0.3, -0.25) is 4.79 Å². The number of hydrogen-bond donors (Lipinski definition) is 0. The summed E-state index contributed by atoms with van der Waals surface area (Å²) in [5.41, 5.74) is -0.230. The lowest BCUT2D eigenvalue weighted by molar-refractivity contribution is -0.138. The van der Waals surface area contributed by atoms with Gasteiger partial charge in [-0.25, -0.2) is 0 Å². The molecule has 0 aromatic rings. The molecule has 11 heavy (non-hydrogen) atoms. The maximum atomic E-state index is 11.0. The van der Waals surface area contributed by atoms with Gasteiger partial charge in [-0.2, -0.15) is 0 Å². The number of nitrogens with zero attached hydrogens (tertiary/aromatic N) is 1. The Morgan fingerprint density at radius 2 is 1.82 bits per heavy atom. The van der Waals surface area contributed by atoms with Gasteiger partial charge in [0.1, 0.15) is 6.61 Å². The van der Waals surface area contributed by atoms with Gasteiger partial charge in [0.15, 0.2) is 0 Å². The van der Waals surface area contributed by atoms with E-state index >= 15 is 0 Å². The molecule has 66 valence electrons. The van der Waals surface area contributed by atoms with Crippen LogP contribution < -0.4 is 0 Å². The van der Waals surface area contributed by atoms with E-state index in [9.17, 15) is 4.79 Å². The van der Waals surface area contributed by atoms with Gasteiger partial charge in [0.2, 0.25) is 5.91 Å². The fourth-order valence-electron chi connectivity index (χ4n) is 0.407. The minimum absolute atomic E-state index is 0.0000694. The van der Waals surface area contributed by atoms with E-state index in [-0.39, 0.29) is 18.1 Å². The minimum atomic E-state index is -0.230. The molecule has 0 N–H and O–H groups in total. The SMILES string of the molecule is CN(C)C(=O)COC(C)(C)C. The number of likely N-dealkylation sites (N-methyl/N-ethyl adjacent to an activating group) is 1. The van der Waals surface area contributed by atoms with Crippen LogP contribution in [0.2, 0.25) is 0 Å². The average molecular weight is 159 g/mol. The summed E-state index contributed by atoms with van der Waals surface area (Å²) in [4.78, 5) is 12.5. The number of amides is 1. The molecule has 0 atom stereocenters. The monoisotopic (exact) mass is 159 g/mol. The van der Waals surface area contributed by atoms with Crippen molar-refractivity contribution in [2.45, 2.75) is 26.4 Å². The van der Waals surface area contributed by atoms with Crippen LogP contribution in [-0.4, -0.2) is 37.1 Å². The molecule has 3 heteroatoms. The molecule has 0 saturated heterocycles. The molecule has 0 aromatic heterocycles. The Morgan fingerprint density at radius 1 is 1.36 bits per heavy atom. The predicted molar refractivity (Wildman–Crippen MR) is 44.4 cm³/mol. The first kappa shape index (κ1) is 10.4. The number of ether oxygens (including phenoxy) is 1. The Bertz CT molecular complexity index is 136. The van der Waals surface area contributed by atoms with Crippen molar-refractivity contribution < 1.29 is 9.53 Å². The number of carbonyl (C=O) groups is 1. The molecule has 0 aromatic carbocycles. The highest BCUT2D eigenvalue weighted by Crippen LogP contribution is 2.05. The maximum absolute atomic E-state index is 11.0. The second-order valence-electron chi connectivity index (χ2n) is 3.69. The van der Waals surface area contributed by atoms with Crippen LogP contribution >= 0.6 is 0 Å². The lowest BCUT2D eigenvalue weighted by atomic mass is 10.2. The van der Waals surface area contributed by atoms with Crippen LogP contribution in [0.3, 0.4) is 0 Å². The number of rotatable bonds is 2. The van der Waals surface area contributed by atoms with Crippen molar-refractivity contribution in [1.82, 2.24) is 4.90 Å². The van der Waals surface area contributed by atoms with Gasteiger partial charge in [0, 0.05) is 14.1 Å². The summed E-state index contributed by atoms with van der Waals surface area (Å²) in [6.45, 7) is 5.94. The molecule has 0 aliphatic carbocycles. The van der Waals surface area contributed by atoms with Crippen LogP contribution in [0.4, 0.5) is 0 Å². The van der Waals surface area contributed by atoms with E-state index in [4.69, 9.17) is 4.74 Å². The molecule has 0 fully saturated rings. The van der Waals surface area contributed by atoms with Crippen LogP contribution in [0.5, 0.6) is 0 Å². The fraction of sp³-hybridized carbons (Fsp3) is 0.875. The van der Waals surface area contributed by atoms with E-state index < -0.39 is 0 Å². The summed E-state index contributed by atoms with van der Waals surface area (Å²) in [5, 5.41) is 0. The predicted octanol–water partition coefficient (Wildman–Crippen LogP) is 0.890. The third kappa shape index (κ3) is 5.85. The zero-order valence-corrected chi connectivity index (χ0v) is 7.97. The molecule has 0 rings (SSSR count). The second kappa shape index (κ2) is 3.72. The molecule has 0 saturated carbocycles. The van der Waals surface area contributed by atoms with Crippen LogP contribution in [-0.2, 0) is 9.53 Å². The van der Waals surface area contributed by atoms with E-state index in [1.165, 1.54) is 4.90 Å². The number of carbonyl (C=O) groups excluding carboxylic acids is 1. The molecule has 0 spiro atoms. The van der Waals surface area contributed by atoms with Crippen molar-refractivity contribution in [2.24, 2.45) is 0 Å². The third-order valence-corrected chi connectivity index (χ3v) is 1.13. The Balaban J connectivity index is 3.64. The molecule has 0 bridgehead atoms. The van der Waals surface area contributed by atoms with Crippen molar-refractivity contribution in [2.75, 3.05) is 20.7 Å². The van der Waals surface area contributed by atoms with Crippen molar-refractivity contribution in [1.29, 1.82) is 0 Å². The Morgan fingerprint density at radius 3 is 2.09 bits per heavy atom. The fourth-order valence-corrected chi connectivity index (χ4v) is 0.407. The van der Waals surface area contributed by atoms with E-state index in [2.05, 4.69) is 0 Å². The minimum Gasteiger partial charge on any atom is -0.366 e. The molecule has 0 aliphatic heterocycles. The first-order valence-corrected chi connectivity index (χ1v) is 3.67. The molecule has 1 amide bonds. The first-order valence-electron chi connectivity index (χ1n) is 3.67. The third-order valence-electron chi connectivity index (χ3n) is 1.13. The van der Waals surface area contributed by atoms with E-state index in [1.54, 1.807) is 14.1 Å². The second-order valence-corrected chi connectivity index (χ2v) is 3.69. The molecule has 0 aliphatic rings. The highest BCUT2D eigenvalue weighted by molar-refractivity contribution is 5.76.